The molecule has 0 aliphatic rings. The van der Waals surface area contributed by atoms with Crippen molar-refractivity contribution in [3.63, 3.8) is 0 Å². The van der Waals surface area contributed by atoms with Crippen LogP contribution in [0.15, 0.2) is 53.6 Å². The lowest BCUT2D eigenvalue weighted by molar-refractivity contribution is -0.123. The van der Waals surface area contributed by atoms with E-state index in [1.54, 1.807) is 24.3 Å². The average Bonchev–Trinajstić information content (AvgIpc) is 2.66. The van der Waals surface area contributed by atoms with Gasteiger partial charge in [-0.3, -0.25) is 9.59 Å². The van der Waals surface area contributed by atoms with Gasteiger partial charge in [-0.05, 0) is 52.6 Å². The van der Waals surface area contributed by atoms with Crippen LogP contribution < -0.4 is 15.5 Å². The minimum Gasteiger partial charge on any atom is -0.484 e. The van der Waals surface area contributed by atoms with Gasteiger partial charge in [0.15, 0.2) is 6.61 Å². The van der Waals surface area contributed by atoms with E-state index in [2.05, 4.69) is 62.6 Å². The molecule has 0 heterocycles. The summed E-state index contributed by atoms with van der Waals surface area (Å²) in [5.41, 5.74) is 5.49. The van der Waals surface area contributed by atoms with Gasteiger partial charge < -0.3 is 10.1 Å². The molecule has 2 N–H and O–H groups in total. The highest BCUT2D eigenvalue weighted by atomic mass is 16.5. The van der Waals surface area contributed by atoms with Gasteiger partial charge in [0, 0.05) is 12.6 Å². The molecule has 0 aliphatic carbocycles. The minimum atomic E-state index is -0.344. The summed E-state index contributed by atoms with van der Waals surface area (Å²) in [6.45, 7) is 12.6. The van der Waals surface area contributed by atoms with E-state index in [4.69, 9.17) is 4.74 Å². The first kappa shape index (κ1) is 24.1. The normalized spacial score (nSPS) is 11.9. The highest BCUT2D eigenvalue weighted by Gasteiger charge is 2.27. The van der Waals surface area contributed by atoms with Gasteiger partial charge in [-0.15, -0.1) is 0 Å². The van der Waals surface area contributed by atoms with Gasteiger partial charge in [-0.1, -0.05) is 58.9 Å². The first-order chi connectivity index (χ1) is 14.4. The molecule has 0 fully saturated rings. The van der Waals surface area contributed by atoms with E-state index in [9.17, 15) is 9.59 Å². The third kappa shape index (κ3) is 8.62. The molecule has 0 bridgehead atoms. The van der Waals surface area contributed by atoms with Crippen molar-refractivity contribution in [2.24, 2.45) is 10.5 Å². The summed E-state index contributed by atoms with van der Waals surface area (Å²) in [6.07, 6.45) is 2.60. The zero-order chi connectivity index (χ0) is 23.1. The summed E-state index contributed by atoms with van der Waals surface area (Å²) < 4.78 is 5.57. The molecule has 0 aliphatic heterocycles. The monoisotopic (exact) mass is 423 g/mol. The van der Waals surface area contributed by atoms with Crippen molar-refractivity contribution in [3.05, 3.63) is 59.7 Å². The van der Waals surface area contributed by atoms with Gasteiger partial charge in [0.2, 0.25) is 5.91 Å². The maximum atomic E-state index is 12.0. The number of amides is 2. The Kier molecular flexibility index (Phi) is 7.97. The summed E-state index contributed by atoms with van der Waals surface area (Å²) in [6, 6.07) is 15.0. The van der Waals surface area contributed by atoms with E-state index < -0.39 is 0 Å². The van der Waals surface area contributed by atoms with Gasteiger partial charge in [0.25, 0.3) is 5.91 Å². The standard InChI is InChI=1S/C25H33N3O3/c1-18(29)27-21-11-7-19(8-12-21)15-26-28-23(30)16-31-22-13-9-20(10-14-22)25(5,6)17-24(2,3)4/h7-15H,16-17H2,1-6H3,(H,27,29)(H,28,30). The first-order valence-corrected chi connectivity index (χ1v) is 10.4. The number of hydrogen-bond acceptors (Lipinski definition) is 4. The quantitative estimate of drug-likeness (QED) is 0.469. The number of benzene rings is 2. The lowest BCUT2D eigenvalue weighted by atomic mass is 9.72. The molecule has 2 aromatic rings. The fraction of sp³-hybridized carbons (Fsp3) is 0.400. The Labute approximate surface area is 185 Å². The second-order valence-electron chi connectivity index (χ2n) is 9.53. The predicted molar refractivity (Wildman–Crippen MR) is 126 cm³/mol. The van der Waals surface area contributed by atoms with Crippen LogP contribution in [0, 0.1) is 5.41 Å². The summed E-state index contributed by atoms with van der Waals surface area (Å²) in [5.74, 6) is 0.170. The lowest BCUT2D eigenvalue weighted by Gasteiger charge is -2.33. The predicted octanol–water partition coefficient (Wildman–Crippen LogP) is 4.89. The zero-order valence-corrected chi connectivity index (χ0v) is 19.3. The van der Waals surface area contributed by atoms with Crippen LogP contribution in [-0.4, -0.2) is 24.6 Å². The summed E-state index contributed by atoms with van der Waals surface area (Å²) in [4.78, 5) is 23.0. The third-order valence-electron chi connectivity index (χ3n) is 4.61. The Balaban J connectivity index is 1.82. The third-order valence-corrected chi connectivity index (χ3v) is 4.61. The van der Waals surface area contributed by atoms with E-state index in [0.29, 0.717) is 11.4 Å². The number of hydrazone groups is 1. The number of nitrogens with one attached hydrogen (secondary N) is 2. The number of carbonyl (C=O) groups excluding carboxylic acids is 2. The van der Waals surface area contributed by atoms with Crippen LogP contribution in [0.5, 0.6) is 5.75 Å². The molecule has 0 radical (unpaired) electrons. The zero-order valence-electron chi connectivity index (χ0n) is 19.3. The maximum Gasteiger partial charge on any atom is 0.277 e. The molecule has 6 nitrogen and oxygen atoms in total. The van der Waals surface area contributed by atoms with E-state index in [1.165, 1.54) is 18.7 Å². The van der Waals surface area contributed by atoms with Gasteiger partial charge in [-0.2, -0.15) is 5.10 Å². The molecule has 2 aromatic carbocycles. The Morgan fingerprint density at radius 2 is 1.58 bits per heavy atom. The molecule has 2 amide bonds. The van der Waals surface area contributed by atoms with Crippen molar-refractivity contribution >= 4 is 23.7 Å². The molecular weight excluding hydrogens is 390 g/mol. The Morgan fingerprint density at radius 1 is 0.968 bits per heavy atom. The lowest BCUT2D eigenvalue weighted by Crippen LogP contribution is -2.25. The number of carbonyl (C=O) groups is 2. The van der Waals surface area contributed by atoms with E-state index in [-0.39, 0.29) is 29.3 Å². The molecule has 2 rings (SSSR count). The molecular formula is C25H33N3O3. The average molecular weight is 424 g/mol. The van der Waals surface area contributed by atoms with Crippen LogP contribution in [0.2, 0.25) is 0 Å². The van der Waals surface area contributed by atoms with Crippen molar-refractivity contribution in [3.8, 4) is 5.75 Å². The Morgan fingerprint density at radius 3 is 2.13 bits per heavy atom. The fourth-order valence-corrected chi connectivity index (χ4v) is 3.65. The van der Waals surface area contributed by atoms with Gasteiger partial charge in [0.1, 0.15) is 5.75 Å². The second-order valence-corrected chi connectivity index (χ2v) is 9.53. The second kappa shape index (κ2) is 10.2. The molecule has 31 heavy (non-hydrogen) atoms. The first-order valence-electron chi connectivity index (χ1n) is 10.4. The van der Waals surface area contributed by atoms with Crippen molar-refractivity contribution in [2.75, 3.05) is 11.9 Å². The molecule has 0 unspecified atom stereocenters. The summed E-state index contributed by atoms with van der Waals surface area (Å²) in [5, 5.41) is 6.62. The molecule has 0 saturated heterocycles. The molecule has 6 heteroatoms. The van der Waals surface area contributed by atoms with E-state index in [0.717, 1.165) is 12.0 Å². The summed E-state index contributed by atoms with van der Waals surface area (Å²) in [7, 11) is 0. The number of nitrogens with zero attached hydrogens (tertiary/aromatic N) is 1. The van der Waals surface area contributed by atoms with Crippen molar-refractivity contribution in [1.29, 1.82) is 0 Å². The number of hydrogen-bond donors (Lipinski definition) is 2. The number of rotatable bonds is 8. The van der Waals surface area contributed by atoms with E-state index in [1.807, 2.05) is 12.1 Å². The fourth-order valence-electron chi connectivity index (χ4n) is 3.65. The van der Waals surface area contributed by atoms with Crippen LogP contribution in [0.3, 0.4) is 0 Å². The van der Waals surface area contributed by atoms with Gasteiger partial charge in [0.05, 0.1) is 6.21 Å². The molecule has 0 aromatic heterocycles. The van der Waals surface area contributed by atoms with Crippen molar-refractivity contribution in [2.45, 2.75) is 53.4 Å². The number of anilines is 1. The van der Waals surface area contributed by atoms with Crippen LogP contribution in [0.1, 0.15) is 59.1 Å². The van der Waals surface area contributed by atoms with E-state index >= 15 is 0 Å². The van der Waals surface area contributed by atoms with Crippen LogP contribution in [0.4, 0.5) is 5.69 Å². The molecule has 0 saturated carbocycles. The SMILES string of the molecule is CC(=O)Nc1ccc(C=NNC(=O)COc2ccc(C(C)(C)CC(C)(C)C)cc2)cc1. The highest BCUT2D eigenvalue weighted by molar-refractivity contribution is 5.89. The molecule has 0 spiro atoms. The van der Waals surface area contributed by atoms with Crippen molar-refractivity contribution in [1.82, 2.24) is 5.43 Å². The number of ether oxygens (including phenoxy) is 1. The minimum absolute atomic E-state index is 0.0587. The van der Waals surface area contributed by atoms with Gasteiger partial charge >= 0.3 is 0 Å². The molecule has 166 valence electrons. The highest BCUT2D eigenvalue weighted by Crippen LogP contribution is 2.36. The van der Waals surface area contributed by atoms with Gasteiger partial charge in [-0.25, -0.2) is 5.43 Å². The van der Waals surface area contributed by atoms with Crippen LogP contribution in [-0.2, 0) is 15.0 Å². The summed E-state index contributed by atoms with van der Waals surface area (Å²) >= 11 is 0. The van der Waals surface area contributed by atoms with Crippen molar-refractivity contribution < 1.29 is 14.3 Å². The topological polar surface area (TPSA) is 79.8 Å². The largest absolute Gasteiger partial charge is 0.484 e. The Bertz CT molecular complexity index is 909. The van der Waals surface area contributed by atoms with Crippen LogP contribution in [0.25, 0.3) is 0 Å². The maximum absolute atomic E-state index is 12.0. The van der Waals surface area contributed by atoms with Crippen LogP contribution >= 0.6 is 0 Å². The smallest absolute Gasteiger partial charge is 0.277 e. The Hall–Kier alpha value is -3.15. The molecule has 0 atom stereocenters.